The molecule has 0 heterocycles. The molecule has 0 aromatic heterocycles. The van der Waals surface area contributed by atoms with E-state index < -0.39 is 5.82 Å². The van der Waals surface area contributed by atoms with Gasteiger partial charge in [-0.15, -0.1) is 0 Å². The molecule has 0 aliphatic heterocycles. The van der Waals surface area contributed by atoms with Crippen molar-refractivity contribution in [3.8, 4) is 0 Å². The molecule has 25 heavy (non-hydrogen) atoms. The van der Waals surface area contributed by atoms with Crippen LogP contribution in [-0.4, -0.2) is 5.91 Å². The lowest BCUT2D eigenvalue weighted by Gasteiger charge is -2.10. The Hall–Kier alpha value is -2.91. The van der Waals surface area contributed by atoms with Crippen molar-refractivity contribution in [3.63, 3.8) is 0 Å². The zero-order valence-electron chi connectivity index (χ0n) is 13.2. The van der Waals surface area contributed by atoms with Crippen LogP contribution in [0.5, 0.6) is 0 Å². The maximum absolute atomic E-state index is 13.4. The van der Waals surface area contributed by atoms with Gasteiger partial charge in [-0.3, -0.25) is 4.79 Å². The average Bonchev–Trinajstić information content (AvgIpc) is 2.61. The molecule has 0 atom stereocenters. The molecule has 4 heteroatoms. The molecule has 0 bridgehead atoms. The standard InChI is InChI=1S/C21H15ClFNO/c22-20-12-5-4-9-16(20)13-19(15-7-2-1-3-8-15)21(25)24-18-11-6-10-17(23)14-18/h1-14H,(H,24,25)/b19-13+. The van der Waals surface area contributed by atoms with E-state index in [1.165, 1.54) is 12.1 Å². The summed E-state index contributed by atoms with van der Waals surface area (Å²) in [7, 11) is 0. The van der Waals surface area contributed by atoms with Crippen molar-refractivity contribution in [1.82, 2.24) is 0 Å². The number of amides is 1. The number of anilines is 1. The first-order chi connectivity index (χ1) is 12.1. The summed E-state index contributed by atoms with van der Waals surface area (Å²) in [5, 5.41) is 3.28. The van der Waals surface area contributed by atoms with Gasteiger partial charge in [-0.1, -0.05) is 66.2 Å². The van der Waals surface area contributed by atoms with Gasteiger partial charge in [-0.25, -0.2) is 4.39 Å². The molecule has 0 aliphatic rings. The van der Waals surface area contributed by atoms with Crippen LogP contribution in [0.25, 0.3) is 11.6 Å². The number of halogens is 2. The van der Waals surface area contributed by atoms with Crippen molar-refractivity contribution in [1.29, 1.82) is 0 Å². The Morgan fingerprint density at radius 1 is 0.920 bits per heavy atom. The third-order valence-electron chi connectivity index (χ3n) is 3.62. The lowest BCUT2D eigenvalue weighted by Crippen LogP contribution is -2.13. The molecule has 0 radical (unpaired) electrons. The van der Waals surface area contributed by atoms with Crippen LogP contribution in [0.1, 0.15) is 11.1 Å². The second-order valence-corrected chi connectivity index (χ2v) is 5.82. The third-order valence-corrected chi connectivity index (χ3v) is 3.96. The van der Waals surface area contributed by atoms with E-state index in [2.05, 4.69) is 5.32 Å². The first kappa shape index (κ1) is 16.9. The SMILES string of the molecule is O=C(Nc1cccc(F)c1)/C(=C/c1ccccc1Cl)c1ccccc1. The van der Waals surface area contributed by atoms with Gasteiger partial charge in [0.2, 0.25) is 0 Å². The van der Waals surface area contributed by atoms with E-state index in [9.17, 15) is 9.18 Å². The van der Waals surface area contributed by atoms with Crippen LogP contribution in [0.2, 0.25) is 5.02 Å². The van der Waals surface area contributed by atoms with Gasteiger partial charge in [0.15, 0.2) is 0 Å². The Morgan fingerprint density at radius 3 is 2.36 bits per heavy atom. The molecule has 0 spiro atoms. The molecule has 3 aromatic rings. The fourth-order valence-electron chi connectivity index (χ4n) is 2.41. The molecule has 3 aromatic carbocycles. The summed E-state index contributed by atoms with van der Waals surface area (Å²) in [5.74, 6) is -0.745. The van der Waals surface area contributed by atoms with Gasteiger partial charge in [0.25, 0.3) is 5.91 Å². The molecule has 2 nitrogen and oxygen atoms in total. The Morgan fingerprint density at radius 2 is 1.64 bits per heavy atom. The molecule has 0 fully saturated rings. The van der Waals surface area contributed by atoms with Gasteiger partial charge in [-0.2, -0.15) is 0 Å². The van der Waals surface area contributed by atoms with Crippen molar-refractivity contribution in [3.05, 3.63) is 101 Å². The highest BCUT2D eigenvalue weighted by Crippen LogP contribution is 2.24. The Balaban J connectivity index is 2.00. The van der Waals surface area contributed by atoms with E-state index in [4.69, 9.17) is 11.6 Å². The largest absolute Gasteiger partial charge is 0.322 e. The summed E-state index contributed by atoms with van der Waals surface area (Å²) in [5.41, 5.74) is 2.32. The van der Waals surface area contributed by atoms with Crippen molar-refractivity contribution in [2.75, 3.05) is 5.32 Å². The molecule has 0 unspecified atom stereocenters. The Kier molecular flexibility index (Phi) is 5.26. The molecule has 3 rings (SSSR count). The molecule has 0 saturated carbocycles. The fraction of sp³-hybridized carbons (Fsp3) is 0. The summed E-state index contributed by atoms with van der Waals surface area (Å²) < 4.78 is 13.4. The number of carbonyl (C=O) groups excluding carboxylic acids is 1. The second-order valence-electron chi connectivity index (χ2n) is 5.41. The fourth-order valence-corrected chi connectivity index (χ4v) is 2.60. The van der Waals surface area contributed by atoms with Gasteiger partial charge >= 0.3 is 0 Å². The Labute approximate surface area is 150 Å². The molecule has 1 amide bonds. The van der Waals surface area contributed by atoms with Crippen LogP contribution in [0.4, 0.5) is 10.1 Å². The zero-order valence-corrected chi connectivity index (χ0v) is 14.0. The van der Waals surface area contributed by atoms with Crippen LogP contribution >= 0.6 is 11.6 Å². The second kappa shape index (κ2) is 7.77. The summed E-state index contributed by atoms with van der Waals surface area (Å²) in [6.07, 6.45) is 1.73. The van der Waals surface area contributed by atoms with E-state index in [0.717, 1.165) is 11.1 Å². The average molecular weight is 352 g/mol. The van der Waals surface area contributed by atoms with Crippen LogP contribution in [0.3, 0.4) is 0 Å². The molecule has 1 N–H and O–H groups in total. The summed E-state index contributed by atoms with van der Waals surface area (Å²) >= 11 is 6.22. The molecule has 0 aliphatic carbocycles. The van der Waals surface area contributed by atoms with E-state index in [-0.39, 0.29) is 5.91 Å². The number of benzene rings is 3. The lowest BCUT2D eigenvalue weighted by molar-refractivity contribution is -0.111. The smallest absolute Gasteiger partial charge is 0.256 e. The van der Waals surface area contributed by atoms with E-state index in [1.807, 2.05) is 48.5 Å². The third kappa shape index (κ3) is 4.34. The van der Waals surface area contributed by atoms with Crippen LogP contribution in [0.15, 0.2) is 78.9 Å². The normalized spacial score (nSPS) is 11.2. The number of hydrogen-bond acceptors (Lipinski definition) is 1. The summed E-state index contributed by atoms with van der Waals surface area (Å²) in [6.45, 7) is 0. The first-order valence-corrected chi connectivity index (χ1v) is 8.10. The number of hydrogen-bond donors (Lipinski definition) is 1. The monoisotopic (exact) mass is 351 g/mol. The minimum absolute atomic E-state index is 0.336. The Bertz CT molecular complexity index is 922. The van der Waals surface area contributed by atoms with Crippen molar-refractivity contribution < 1.29 is 9.18 Å². The van der Waals surface area contributed by atoms with Gasteiger partial charge in [0, 0.05) is 16.3 Å². The maximum atomic E-state index is 13.4. The van der Waals surface area contributed by atoms with E-state index in [0.29, 0.717) is 16.3 Å². The molecule has 124 valence electrons. The first-order valence-electron chi connectivity index (χ1n) is 7.72. The van der Waals surface area contributed by atoms with Crippen LogP contribution < -0.4 is 5.32 Å². The van der Waals surface area contributed by atoms with Gasteiger partial charge in [0.1, 0.15) is 5.82 Å². The highest BCUT2D eigenvalue weighted by atomic mass is 35.5. The van der Waals surface area contributed by atoms with Crippen LogP contribution in [-0.2, 0) is 4.79 Å². The predicted molar refractivity (Wildman–Crippen MR) is 101 cm³/mol. The lowest BCUT2D eigenvalue weighted by atomic mass is 10.0. The molecular formula is C21H15ClFNO. The topological polar surface area (TPSA) is 29.1 Å². The highest BCUT2D eigenvalue weighted by Gasteiger charge is 2.13. The minimum Gasteiger partial charge on any atom is -0.322 e. The number of rotatable bonds is 4. The summed E-state index contributed by atoms with van der Waals surface area (Å²) in [4.78, 5) is 12.8. The molecular weight excluding hydrogens is 337 g/mol. The zero-order chi connectivity index (χ0) is 17.6. The van der Waals surface area contributed by atoms with Crippen molar-refractivity contribution in [2.45, 2.75) is 0 Å². The number of nitrogens with one attached hydrogen (secondary N) is 1. The number of carbonyl (C=O) groups is 1. The van der Waals surface area contributed by atoms with Gasteiger partial charge < -0.3 is 5.32 Å². The highest BCUT2D eigenvalue weighted by molar-refractivity contribution is 6.34. The van der Waals surface area contributed by atoms with Crippen molar-refractivity contribution >= 4 is 34.8 Å². The predicted octanol–water partition coefficient (Wildman–Crippen LogP) is 5.66. The minimum atomic E-state index is -0.408. The van der Waals surface area contributed by atoms with Gasteiger partial charge in [-0.05, 0) is 41.5 Å². The van der Waals surface area contributed by atoms with E-state index >= 15 is 0 Å². The molecule has 0 saturated heterocycles. The maximum Gasteiger partial charge on any atom is 0.256 e. The van der Waals surface area contributed by atoms with Crippen molar-refractivity contribution in [2.24, 2.45) is 0 Å². The summed E-state index contributed by atoms with van der Waals surface area (Å²) in [6, 6.07) is 22.3. The van der Waals surface area contributed by atoms with Crippen LogP contribution in [0, 0.1) is 5.82 Å². The van der Waals surface area contributed by atoms with Gasteiger partial charge in [0.05, 0.1) is 0 Å². The quantitative estimate of drug-likeness (QED) is 0.477. The van der Waals surface area contributed by atoms with E-state index in [1.54, 1.807) is 24.3 Å².